The molecular weight excluding hydrogens is 779 g/mol. The van der Waals surface area contributed by atoms with Crippen molar-refractivity contribution in [3.8, 4) is 0 Å². The maximum Gasteiger partial charge on any atom is 0.306 e. The van der Waals surface area contributed by atoms with E-state index in [-0.39, 0.29) is 24.9 Å². The molecule has 0 aliphatic heterocycles. The number of aliphatic hydroxyl groups excluding tert-OH is 2. The second kappa shape index (κ2) is 50.0. The van der Waals surface area contributed by atoms with Crippen molar-refractivity contribution in [2.45, 2.75) is 257 Å². The molecule has 0 fully saturated rings. The molecule has 0 bridgehead atoms. The van der Waals surface area contributed by atoms with Crippen LogP contribution in [0.5, 0.6) is 0 Å². The number of ether oxygens (including phenoxy) is 1. The van der Waals surface area contributed by atoms with E-state index < -0.39 is 18.2 Å². The van der Waals surface area contributed by atoms with Crippen molar-refractivity contribution in [1.82, 2.24) is 5.32 Å². The van der Waals surface area contributed by atoms with Gasteiger partial charge in [-0.3, -0.25) is 9.59 Å². The fourth-order valence-corrected chi connectivity index (χ4v) is 7.53. The lowest BCUT2D eigenvalue weighted by Crippen LogP contribution is -2.46. The first-order chi connectivity index (χ1) is 31.0. The highest BCUT2D eigenvalue weighted by Crippen LogP contribution is 2.17. The van der Waals surface area contributed by atoms with Crippen molar-refractivity contribution in [2.75, 3.05) is 6.61 Å². The van der Waals surface area contributed by atoms with E-state index in [1.807, 2.05) is 0 Å². The SMILES string of the molecule is CC/C=C/C=C/C=C/CCCCCCCC(CC(=O)NC(CO)C(O)CCCCCCCCCCCCCC)OC(=O)CCCCC/C=C\C/C=C\C/C=C\C/C=C\CCCCC. The average Bonchev–Trinajstić information content (AvgIpc) is 3.28. The smallest absolute Gasteiger partial charge is 0.306 e. The minimum atomic E-state index is -0.803. The van der Waals surface area contributed by atoms with E-state index in [2.05, 4.69) is 111 Å². The highest BCUT2D eigenvalue weighted by molar-refractivity contribution is 5.77. The van der Waals surface area contributed by atoms with Crippen molar-refractivity contribution in [3.63, 3.8) is 0 Å². The van der Waals surface area contributed by atoms with Gasteiger partial charge in [0.15, 0.2) is 0 Å². The van der Waals surface area contributed by atoms with E-state index in [4.69, 9.17) is 4.74 Å². The first kappa shape index (κ1) is 60.0. The summed E-state index contributed by atoms with van der Waals surface area (Å²) in [6.45, 7) is 6.30. The van der Waals surface area contributed by atoms with Gasteiger partial charge < -0.3 is 20.3 Å². The summed E-state index contributed by atoms with van der Waals surface area (Å²) in [4.78, 5) is 26.2. The van der Waals surface area contributed by atoms with Gasteiger partial charge in [-0.1, -0.05) is 221 Å². The molecule has 1 amide bonds. The van der Waals surface area contributed by atoms with Crippen molar-refractivity contribution in [1.29, 1.82) is 0 Å². The molecule has 6 heteroatoms. The van der Waals surface area contributed by atoms with E-state index in [0.717, 1.165) is 109 Å². The van der Waals surface area contributed by atoms with Crippen LogP contribution >= 0.6 is 0 Å². The first-order valence-corrected chi connectivity index (χ1v) is 26.3. The maximum absolute atomic E-state index is 13.2. The number of unbranched alkanes of at least 4 members (excludes halogenated alkanes) is 22. The lowest BCUT2D eigenvalue weighted by Gasteiger charge is -2.24. The molecule has 3 unspecified atom stereocenters. The third-order valence-corrected chi connectivity index (χ3v) is 11.5. The molecule has 63 heavy (non-hydrogen) atoms. The van der Waals surface area contributed by atoms with Crippen LogP contribution in [0.15, 0.2) is 85.1 Å². The lowest BCUT2D eigenvalue weighted by molar-refractivity contribution is -0.151. The molecule has 0 saturated heterocycles. The van der Waals surface area contributed by atoms with Crippen LogP contribution in [0.1, 0.15) is 239 Å². The molecule has 0 heterocycles. The molecule has 0 aromatic rings. The Morgan fingerprint density at radius 1 is 0.492 bits per heavy atom. The predicted molar refractivity (Wildman–Crippen MR) is 273 cm³/mol. The van der Waals surface area contributed by atoms with Gasteiger partial charge in [-0.2, -0.15) is 0 Å². The van der Waals surface area contributed by atoms with Crippen LogP contribution < -0.4 is 5.32 Å². The topological polar surface area (TPSA) is 95.9 Å². The van der Waals surface area contributed by atoms with Gasteiger partial charge in [-0.25, -0.2) is 0 Å². The zero-order valence-corrected chi connectivity index (χ0v) is 41.2. The molecular formula is C57H99NO5. The molecule has 0 aromatic carbocycles. The van der Waals surface area contributed by atoms with E-state index in [0.29, 0.717) is 19.3 Å². The summed E-state index contributed by atoms with van der Waals surface area (Å²) in [7, 11) is 0. The number of hydrogen-bond acceptors (Lipinski definition) is 5. The summed E-state index contributed by atoms with van der Waals surface area (Å²) < 4.78 is 5.91. The number of esters is 1. The zero-order chi connectivity index (χ0) is 45.9. The van der Waals surface area contributed by atoms with Crippen molar-refractivity contribution >= 4 is 11.9 Å². The monoisotopic (exact) mass is 878 g/mol. The molecule has 6 nitrogen and oxygen atoms in total. The Bertz CT molecular complexity index is 1210. The molecule has 0 rings (SSSR count). The largest absolute Gasteiger partial charge is 0.462 e. The van der Waals surface area contributed by atoms with E-state index in [9.17, 15) is 19.8 Å². The van der Waals surface area contributed by atoms with Crippen LogP contribution in [0.3, 0.4) is 0 Å². The number of nitrogens with one attached hydrogen (secondary N) is 1. The van der Waals surface area contributed by atoms with Crippen LogP contribution in [0.4, 0.5) is 0 Å². The van der Waals surface area contributed by atoms with Gasteiger partial charge in [0.05, 0.1) is 25.2 Å². The Balaban J connectivity index is 4.65. The summed E-state index contributed by atoms with van der Waals surface area (Å²) in [5.41, 5.74) is 0. The molecule has 0 radical (unpaired) electrons. The normalized spacial score (nSPS) is 13.9. The number of carbonyl (C=O) groups is 2. The number of rotatable bonds is 46. The number of allylic oxidation sites excluding steroid dienone is 14. The minimum Gasteiger partial charge on any atom is -0.462 e. The predicted octanol–water partition coefficient (Wildman–Crippen LogP) is 16.0. The standard InChI is InChI=1S/C57H99NO5/c1-4-7-10-13-16-19-22-25-26-27-28-29-30-32-35-38-41-44-47-50-57(62)63-53(48-45-42-39-36-33-31-23-20-17-14-11-8-5-2)51-56(61)58-54(52-59)55(60)49-46-43-40-37-34-24-21-18-15-12-9-6-3/h8,11,14,16-17,19-20,23,25-26,28-29,32,35,53-55,59-60H,4-7,9-10,12-13,15,18,21-22,24,27,30-31,33-34,36-52H2,1-3H3,(H,58,61)/b11-8+,17-14+,19-16-,23-20+,26-25-,29-28-,35-32-. The molecule has 0 aromatic heterocycles. The molecule has 3 N–H and O–H groups in total. The van der Waals surface area contributed by atoms with Crippen LogP contribution in [-0.4, -0.2) is 46.9 Å². The Morgan fingerprint density at radius 3 is 1.46 bits per heavy atom. The fourth-order valence-electron chi connectivity index (χ4n) is 7.53. The quantitative estimate of drug-likeness (QED) is 0.0245. The second-order valence-corrected chi connectivity index (χ2v) is 17.6. The molecule has 0 aliphatic rings. The van der Waals surface area contributed by atoms with Gasteiger partial charge in [-0.05, 0) is 89.9 Å². The maximum atomic E-state index is 13.2. The van der Waals surface area contributed by atoms with Crippen molar-refractivity contribution in [3.05, 3.63) is 85.1 Å². The van der Waals surface area contributed by atoms with Gasteiger partial charge >= 0.3 is 5.97 Å². The third kappa shape index (κ3) is 45.4. The van der Waals surface area contributed by atoms with Crippen LogP contribution in [-0.2, 0) is 14.3 Å². The van der Waals surface area contributed by atoms with Crippen molar-refractivity contribution in [2.24, 2.45) is 0 Å². The molecule has 3 atom stereocenters. The molecule has 0 aliphatic carbocycles. The Morgan fingerprint density at radius 2 is 0.921 bits per heavy atom. The van der Waals surface area contributed by atoms with Gasteiger partial charge in [0, 0.05) is 6.42 Å². The summed E-state index contributed by atoms with van der Waals surface area (Å²) in [6, 6.07) is -0.719. The average molecular weight is 878 g/mol. The minimum absolute atomic E-state index is 0.0470. The fraction of sp³-hybridized carbons (Fsp3) is 0.719. The van der Waals surface area contributed by atoms with E-state index in [1.165, 1.54) is 83.5 Å². The summed E-state index contributed by atoms with van der Waals surface area (Å²) >= 11 is 0. The Hall–Kier alpha value is -2.96. The Kier molecular flexibility index (Phi) is 47.7. The van der Waals surface area contributed by atoms with Crippen LogP contribution in [0.2, 0.25) is 0 Å². The zero-order valence-electron chi connectivity index (χ0n) is 41.2. The van der Waals surface area contributed by atoms with Gasteiger partial charge in [0.25, 0.3) is 0 Å². The second-order valence-electron chi connectivity index (χ2n) is 17.6. The van der Waals surface area contributed by atoms with Gasteiger partial charge in [-0.15, -0.1) is 0 Å². The molecule has 0 saturated carbocycles. The van der Waals surface area contributed by atoms with Gasteiger partial charge in [0.1, 0.15) is 6.10 Å². The molecule has 0 spiro atoms. The summed E-state index contributed by atoms with van der Waals surface area (Å²) in [5.74, 6) is -0.534. The summed E-state index contributed by atoms with van der Waals surface area (Å²) in [6.07, 6.45) is 65.0. The van der Waals surface area contributed by atoms with Gasteiger partial charge in [0.2, 0.25) is 5.91 Å². The Labute approximate surface area is 389 Å². The lowest BCUT2D eigenvalue weighted by atomic mass is 10.0. The number of hydrogen-bond donors (Lipinski definition) is 3. The number of carbonyl (C=O) groups excluding carboxylic acids is 2. The van der Waals surface area contributed by atoms with Crippen molar-refractivity contribution < 1.29 is 24.5 Å². The highest BCUT2D eigenvalue weighted by Gasteiger charge is 2.24. The molecule has 362 valence electrons. The van der Waals surface area contributed by atoms with E-state index in [1.54, 1.807) is 0 Å². The first-order valence-electron chi connectivity index (χ1n) is 26.3. The summed E-state index contributed by atoms with van der Waals surface area (Å²) in [5, 5.41) is 23.8. The van der Waals surface area contributed by atoms with Crippen LogP contribution in [0, 0.1) is 0 Å². The van der Waals surface area contributed by atoms with E-state index >= 15 is 0 Å². The third-order valence-electron chi connectivity index (χ3n) is 11.5. The number of amides is 1. The highest BCUT2D eigenvalue weighted by atomic mass is 16.5. The number of aliphatic hydroxyl groups is 2. The van der Waals surface area contributed by atoms with Crippen LogP contribution in [0.25, 0.3) is 0 Å².